The van der Waals surface area contributed by atoms with E-state index in [1.165, 1.54) is 11.1 Å². The summed E-state index contributed by atoms with van der Waals surface area (Å²) in [4.78, 5) is 4.66. The van der Waals surface area contributed by atoms with E-state index in [-0.39, 0.29) is 29.4 Å². The highest BCUT2D eigenvalue weighted by Crippen LogP contribution is 2.36. The zero-order valence-electron chi connectivity index (χ0n) is 15.6. The van der Waals surface area contributed by atoms with Gasteiger partial charge in [0.05, 0.1) is 6.54 Å². The van der Waals surface area contributed by atoms with Crippen molar-refractivity contribution >= 4 is 47.2 Å². The number of anilines is 1. The second-order valence-corrected chi connectivity index (χ2v) is 7.22. The molecule has 0 aromatic heterocycles. The lowest BCUT2D eigenvalue weighted by atomic mass is 9.74. The summed E-state index contributed by atoms with van der Waals surface area (Å²) < 4.78 is 5.58. The Morgan fingerprint density at radius 2 is 1.93 bits per heavy atom. The normalized spacial score (nSPS) is 16.4. The monoisotopic (exact) mass is 499 g/mol. The number of rotatable bonds is 5. The van der Waals surface area contributed by atoms with E-state index in [0.717, 1.165) is 43.2 Å². The van der Waals surface area contributed by atoms with Crippen LogP contribution in [0.25, 0.3) is 0 Å². The average molecular weight is 500 g/mol. The molecule has 3 rings (SSSR count). The molecule has 0 radical (unpaired) electrons. The topological polar surface area (TPSA) is 59.6 Å². The van der Waals surface area contributed by atoms with Crippen molar-refractivity contribution in [3.63, 3.8) is 0 Å². The molecule has 2 aromatic carbocycles. The van der Waals surface area contributed by atoms with Crippen LogP contribution in [0.5, 0.6) is 0 Å². The van der Waals surface area contributed by atoms with Crippen molar-refractivity contribution < 1.29 is 4.74 Å². The average Bonchev–Trinajstić information content (AvgIpc) is 2.67. The zero-order valence-corrected chi connectivity index (χ0v) is 18.7. The molecular weight excluding hydrogens is 473 g/mol. The fourth-order valence-corrected chi connectivity index (χ4v) is 3.60. The minimum Gasteiger partial charge on any atom is -0.381 e. The van der Waals surface area contributed by atoms with E-state index < -0.39 is 0 Å². The van der Waals surface area contributed by atoms with Crippen molar-refractivity contribution in [1.82, 2.24) is 0 Å². The second-order valence-electron chi connectivity index (χ2n) is 6.78. The third kappa shape index (κ3) is 5.83. The van der Waals surface area contributed by atoms with Crippen LogP contribution >= 0.6 is 35.6 Å². The number of halogens is 2. The number of nitrogens with one attached hydrogen (secondary N) is 1. The van der Waals surface area contributed by atoms with E-state index in [2.05, 4.69) is 35.4 Å². The quantitative estimate of drug-likeness (QED) is 0.346. The van der Waals surface area contributed by atoms with Gasteiger partial charge < -0.3 is 15.8 Å². The van der Waals surface area contributed by atoms with E-state index in [1.807, 2.05) is 30.3 Å². The van der Waals surface area contributed by atoms with Crippen LogP contribution in [0.3, 0.4) is 0 Å². The SMILES string of the molecule is CCc1cccc(NC(N)=NCC2(c3cccc(Cl)c3)CCOCC2)c1.I. The lowest BCUT2D eigenvalue weighted by Gasteiger charge is -2.36. The highest BCUT2D eigenvalue weighted by Gasteiger charge is 2.34. The number of hydrogen-bond donors (Lipinski definition) is 2. The molecule has 0 spiro atoms. The first-order valence-corrected chi connectivity index (χ1v) is 9.49. The summed E-state index contributed by atoms with van der Waals surface area (Å²) in [5, 5.41) is 3.96. The highest BCUT2D eigenvalue weighted by atomic mass is 127. The van der Waals surface area contributed by atoms with Crippen LogP contribution in [0.2, 0.25) is 5.02 Å². The third-order valence-electron chi connectivity index (χ3n) is 5.05. The Morgan fingerprint density at radius 3 is 2.63 bits per heavy atom. The predicted octanol–water partition coefficient (Wildman–Crippen LogP) is 5.00. The molecule has 0 saturated carbocycles. The van der Waals surface area contributed by atoms with Gasteiger partial charge in [-0.15, -0.1) is 24.0 Å². The van der Waals surface area contributed by atoms with Gasteiger partial charge in [0.1, 0.15) is 0 Å². The number of nitrogens with two attached hydrogens (primary N) is 1. The van der Waals surface area contributed by atoms with Gasteiger partial charge in [0.2, 0.25) is 0 Å². The molecule has 0 unspecified atom stereocenters. The Balaban J connectivity index is 0.00000261. The number of guanidine groups is 1. The minimum atomic E-state index is -0.0826. The Labute approximate surface area is 183 Å². The fraction of sp³-hybridized carbons (Fsp3) is 0.381. The summed E-state index contributed by atoms with van der Waals surface area (Å²) in [5.41, 5.74) is 9.52. The smallest absolute Gasteiger partial charge is 0.193 e. The van der Waals surface area contributed by atoms with Crippen LogP contribution in [-0.4, -0.2) is 25.7 Å². The van der Waals surface area contributed by atoms with Crippen molar-refractivity contribution in [2.45, 2.75) is 31.6 Å². The Hall–Kier alpha value is -1.31. The molecular formula is C21H27ClIN3O. The van der Waals surface area contributed by atoms with Crippen molar-refractivity contribution in [1.29, 1.82) is 0 Å². The van der Waals surface area contributed by atoms with Gasteiger partial charge in [0.15, 0.2) is 5.96 Å². The lowest BCUT2D eigenvalue weighted by molar-refractivity contribution is 0.0531. The molecule has 146 valence electrons. The van der Waals surface area contributed by atoms with Gasteiger partial charge in [-0.1, -0.05) is 42.8 Å². The first-order chi connectivity index (χ1) is 12.6. The number of nitrogens with zero attached hydrogens (tertiary/aromatic N) is 1. The van der Waals surface area contributed by atoms with Crippen molar-refractivity contribution in [2.24, 2.45) is 10.7 Å². The summed E-state index contributed by atoms with van der Waals surface area (Å²) in [6, 6.07) is 16.3. The van der Waals surface area contributed by atoms with E-state index in [9.17, 15) is 0 Å². The van der Waals surface area contributed by atoms with Gasteiger partial charge in [-0.25, -0.2) is 0 Å². The van der Waals surface area contributed by atoms with Crippen LogP contribution in [0, 0.1) is 0 Å². The molecule has 4 nitrogen and oxygen atoms in total. The maximum atomic E-state index is 6.22. The van der Waals surface area contributed by atoms with Gasteiger partial charge >= 0.3 is 0 Å². The van der Waals surface area contributed by atoms with E-state index in [1.54, 1.807) is 0 Å². The number of hydrogen-bond acceptors (Lipinski definition) is 2. The van der Waals surface area contributed by atoms with Crippen molar-refractivity contribution in [2.75, 3.05) is 25.1 Å². The maximum absolute atomic E-state index is 6.22. The molecule has 0 atom stereocenters. The first-order valence-electron chi connectivity index (χ1n) is 9.11. The van der Waals surface area contributed by atoms with E-state index in [4.69, 9.17) is 22.1 Å². The van der Waals surface area contributed by atoms with Gasteiger partial charge in [0, 0.05) is 29.3 Å². The highest BCUT2D eigenvalue weighted by molar-refractivity contribution is 14.0. The van der Waals surface area contributed by atoms with Crippen molar-refractivity contribution in [3.05, 3.63) is 64.7 Å². The standard InChI is InChI=1S/C21H26ClN3O.HI/c1-2-16-5-3-8-19(13-16)25-20(23)24-15-21(9-11-26-12-10-21)17-6-4-7-18(22)14-17;/h3-8,13-14H,2,9-12,15H2,1H3,(H3,23,24,25);1H. The summed E-state index contributed by atoms with van der Waals surface area (Å²) >= 11 is 6.22. The predicted molar refractivity (Wildman–Crippen MR) is 125 cm³/mol. The molecule has 1 aliphatic heterocycles. The van der Waals surface area contributed by atoms with Crippen LogP contribution in [0.4, 0.5) is 5.69 Å². The minimum absolute atomic E-state index is 0. The van der Waals surface area contributed by atoms with Gasteiger partial charge in [-0.2, -0.15) is 0 Å². The van der Waals surface area contributed by atoms with Crippen LogP contribution < -0.4 is 11.1 Å². The molecule has 1 heterocycles. The van der Waals surface area contributed by atoms with Gasteiger partial charge in [-0.3, -0.25) is 4.99 Å². The Kier molecular flexibility index (Phi) is 8.38. The lowest BCUT2D eigenvalue weighted by Crippen LogP contribution is -2.38. The number of benzene rings is 2. The zero-order chi connectivity index (χ0) is 18.4. The Morgan fingerprint density at radius 1 is 1.19 bits per heavy atom. The molecule has 1 saturated heterocycles. The molecule has 1 aliphatic rings. The van der Waals surface area contributed by atoms with Crippen molar-refractivity contribution in [3.8, 4) is 0 Å². The molecule has 3 N–H and O–H groups in total. The van der Waals surface area contributed by atoms with E-state index in [0.29, 0.717) is 12.5 Å². The molecule has 0 bridgehead atoms. The van der Waals surface area contributed by atoms with E-state index >= 15 is 0 Å². The maximum Gasteiger partial charge on any atom is 0.193 e. The summed E-state index contributed by atoms with van der Waals surface area (Å²) in [6.07, 6.45) is 2.81. The fourth-order valence-electron chi connectivity index (χ4n) is 3.41. The van der Waals surface area contributed by atoms with Gasteiger partial charge in [-0.05, 0) is 54.7 Å². The number of ether oxygens (including phenoxy) is 1. The molecule has 0 aliphatic carbocycles. The largest absolute Gasteiger partial charge is 0.381 e. The second kappa shape index (κ2) is 10.3. The Bertz CT molecular complexity index is 776. The molecule has 1 fully saturated rings. The molecule has 0 amide bonds. The summed E-state index contributed by atoms with van der Waals surface area (Å²) in [7, 11) is 0. The van der Waals surface area contributed by atoms with Gasteiger partial charge in [0.25, 0.3) is 0 Å². The number of aliphatic imine (C=N–C) groups is 1. The molecule has 2 aromatic rings. The summed E-state index contributed by atoms with van der Waals surface area (Å²) in [5.74, 6) is 0.436. The molecule has 6 heteroatoms. The summed E-state index contributed by atoms with van der Waals surface area (Å²) in [6.45, 7) is 4.21. The number of aryl methyl sites for hydroxylation is 1. The van der Waals surface area contributed by atoms with Crippen LogP contribution in [-0.2, 0) is 16.6 Å². The van der Waals surface area contributed by atoms with Crippen LogP contribution in [0.15, 0.2) is 53.5 Å². The first kappa shape index (κ1) is 22.0. The molecule has 27 heavy (non-hydrogen) atoms. The van der Waals surface area contributed by atoms with Crippen LogP contribution in [0.1, 0.15) is 30.9 Å². The third-order valence-corrected chi connectivity index (χ3v) is 5.28.